The van der Waals surface area contributed by atoms with Crippen molar-refractivity contribution < 1.29 is 9.53 Å². The van der Waals surface area contributed by atoms with Crippen molar-refractivity contribution in [1.82, 2.24) is 0 Å². The summed E-state index contributed by atoms with van der Waals surface area (Å²) in [6.45, 7) is 0.111. The summed E-state index contributed by atoms with van der Waals surface area (Å²) in [5.74, 6) is -0.300. The summed E-state index contributed by atoms with van der Waals surface area (Å²) in [5.41, 5.74) is 0.845. The summed E-state index contributed by atoms with van der Waals surface area (Å²) in [5, 5.41) is 18.0. The summed E-state index contributed by atoms with van der Waals surface area (Å²) >= 11 is 0. The van der Waals surface area contributed by atoms with Gasteiger partial charge in [0, 0.05) is 0 Å². The molecule has 0 radical (unpaired) electrons. The molecule has 0 spiro atoms. The van der Waals surface area contributed by atoms with Crippen molar-refractivity contribution in [2.45, 2.75) is 6.04 Å². The number of benzene rings is 1. The van der Waals surface area contributed by atoms with Crippen molar-refractivity contribution in [2.75, 3.05) is 18.1 Å². The van der Waals surface area contributed by atoms with Crippen molar-refractivity contribution in [1.29, 1.82) is 10.5 Å². The van der Waals surface area contributed by atoms with Gasteiger partial charge in [-0.25, -0.2) is 0 Å². The minimum atomic E-state index is -0.675. The van der Waals surface area contributed by atoms with E-state index >= 15 is 0 Å². The minimum absolute atomic E-state index is 0.0576. The Morgan fingerprint density at radius 1 is 1.35 bits per heavy atom. The number of morpholine rings is 1. The molecule has 5 heteroatoms. The molecule has 17 heavy (non-hydrogen) atoms. The molecule has 1 aliphatic rings. The van der Waals surface area contributed by atoms with Crippen LogP contribution in [0.2, 0.25) is 0 Å². The second-order valence-electron chi connectivity index (χ2n) is 3.55. The lowest BCUT2D eigenvalue weighted by atomic mass is 10.1. The topological polar surface area (TPSA) is 77.1 Å². The van der Waals surface area contributed by atoms with Crippen molar-refractivity contribution in [3.63, 3.8) is 0 Å². The average Bonchev–Trinajstić information content (AvgIpc) is 2.38. The van der Waals surface area contributed by atoms with Gasteiger partial charge in [-0.2, -0.15) is 10.5 Å². The predicted octanol–water partition coefficient (Wildman–Crippen LogP) is 0.814. The highest BCUT2D eigenvalue weighted by Gasteiger charge is 2.31. The van der Waals surface area contributed by atoms with Gasteiger partial charge in [0.25, 0.3) is 5.91 Å². The van der Waals surface area contributed by atoms with Crippen LogP contribution < -0.4 is 4.90 Å². The lowest BCUT2D eigenvalue weighted by Crippen LogP contribution is -2.49. The Hall–Kier alpha value is -2.37. The summed E-state index contributed by atoms with van der Waals surface area (Å²) in [6, 6.07) is 10.1. The van der Waals surface area contributed by atoms with E-state index in [4.69, 9.17) is 15.3 Å². The number of para-hydroxylation sites is 1. The van der Waals surface area contributed by atoms with Crippen molar-refractivity contribution in [2.24, 2.45) is 0 Å². The number of hydrogen-bond acceptors (Lipinski definition) is 4. The summed E-state index contributed by atoms with van der Waals surface area (Å²) in [4.78, 5) is 13.1. The minimum Gasteiger partial charge on any atom is -0.368 e. The van der Waals surface area contributed by atoms with Gasteiger partial charge in [-0.05, 0) is 12.1 Å². The lowest BCUT2D eigenvalue weighted by Gasteiger charge is -2.31. The molecule has 1 aliphatic heterocycles. The molecule has 1 heterocycles. The number of nitrogens with zero attached hydrogens (tertiary/aromatic N) is 3. The lowest BCUT2D eigenvalue weighted by molar-refractivity contribution is -0.126. The number of hydrogen-bond donors (Lipinski definition) is 0. The Labute approximate surface area is 98.4 Å². The molecule has 2 rings (SSSR count). The van der Waals surface area contributed by atoms with Crippen LogP contribution in [0.25, 0.3) is 0 Å². The normalized spacial score (nSPS) is 19.5. The van der Waals surface area contributed by atoms with Gasteiger partial charge >= 0.3 is 0 Å². The van der Waals surface area contributed by atoms with E-state index in [0.717, 1.165) is 0 Å². The number of anilines is 1. The third kappa shape index (κ3) is 1.96. The Bertz CT molecular complexity index is 527. The van der Waals surface area contributed by atoms with E-state index in [-0.39, 0.29) is 19.1 Å². The number of carbonyl (C=O) groups is 1. The molecule has 0 aliphatic carbocycles. The fourth-order valence-corrected chi connectivity index (χ4v) is 1.75. The first-order valence-corrected chi connectivity index (χ1v) is 5.06. The van der Waals surface area contributed by atoms with Gasteiger partial charge in [-0.15, -0.1) is 0 Å². The van der Waals surface area contributed by atoms with Crippen molar-refractivity contribution in [3.05, 3.63) is 29.8 Å². The molecule has 0 saturated carbocycles. The van der Waals surface area contributed by atoms with Crippen LogP contribution in [-0.2, 0) is 9.53 Å². The van der Waals surface area contributed by atoms with E-state index in [0.29, 0.717) is 11.3 Å². The van der Waals surface area contributed by atoms with Gasteiger partial charge in [0.1, 0.15) is 18.7 Å². The first kappa shape index (κ1) is 11.1. The van der Waals surface area contributed by atoms with Crippen LogP contribution in [0.5, 0.6) is 0 Å². The number of carbonyl (C=O) groups excluding carboxylic acids is 1. The van der Waals surface area contributed by atoms with E-state index in [1.165, 1.54) is 4.90 Å². The van der Waals surface area contributed by atoms with Crippen LogP contribution in [0, 0.1) is 22.7 Å². The summed E-state index contributed by atoms with van der Waals surface area (Å²) in [7, 11) is 0. The first-order valence-electron chi connectivity index (χ1n) is 5.06. The standard InChI is InChI=1S/C12H9N3O2/c13-5-9-3-1-2-4-11(9)15-10(6-14)7-17-8-12(15)16/h1-4,10H,7-8H2. The first-order chi connectivity index (χ1) is 8.27. The molecular formula is C12H9N3O2. The third-order valence-electron chi connectivity index (χ3n) is 2.51. The molecule has 1 amide bonds. The SMILES string of the molecule is N#Cc1ccccc1N1C(=O)COCC1C#N. The molecule has 1 aromatic rings. The number of rotatable bonds is 1. The fourth-order valence-electron chi connectivity index (χ4n) is 1.75. The van der Waals surface area contributed by atoms with E-state index in [1.807, 2.05) is 12.1 Å². The van der Waals surface area contributed by atoms with E-state index in [9.17, 15) is 4.79 Å². The summed E-state index contributed by atoms with van der Waals surface area (Å²) in [6.07, 6.45) is 0. The van der Waals surface area contributed by atoms with Crippen LogP contribution in [0.3, 0.4) is 0 Å². The monoisotopic (exact) mass is 227 g/mol. The average molecular weight is 227 g/mol. The zero-order valence-corrected chi connectivity index (χ0v) is 8.96. The van der Waals surface area contributed by atoms with Gasteiger partial charge in [0.2, 0.25) is 0 Å². The number of ether oxygens (including phenoxy) is 1. The third-order valence-corrected chi connectivity index (χ3v) is 2.51. The highest BCUT2D eigenvalue weighted by molar-refractivity contribution is 5.97. The van der Waals surface area contributed by atoms with Crippen LogP contribution in [0.1, 0.15) is 5.56 Å². The van der Waals surface area contributed by atoms with E-state index < -0.39 is 6.04 Å². The molecule has 1 saturated heterocycles. The zero-order chi connectivity index (χ0) is 12.3. The second kappa shape index (κ2) is 4.65. The molecule has 1 unspecified atom stereocenters. The Morgan fingerprint density at radius 3 is 2.82 bits per heavy atom. The van der Waals surface area contributed by atoms with Crippen molar-refractivity contribution >= 4 is 11.6 Å². The van der Waals surface area contributed by atoms with Gasteiger partial charge in [0.15, 0.2) is 0 Å². The largest absolute Gasteiger partial charge is 0.368 e. The van der Waals surface area contributed by atoms with Gasteiger partial charge in [-0.1, -0.05) is 12.1 Å². The molecule has 0 aromatic heterocycles. The fraction of sp³-hybridized carbons (Fsp3) is 0.250. The van der Waals surface area contributed by atoms with Crippen molar-refractivity contribution in [3.8, 4) is 12.1 Å². The van der Waals surface area contributed by atoms with Gasteiger partial charge in [0.05, 0.1) is 23.9 Å². The number of nitriles is 2. The molecule has 84 valence electrons. The van der Waals surface area contributed by atoms with E-state index in [1.54, 1.807) is 24.3 Å². The maximum absolute atomic E-state index is 11.8. The Balaban J connectivity index is 2.46. The summed E-state index contributed by atoms with van der Waals surface area (Å²) < 4.78 is 5.01. The molecule has 0 N–H and O–H groups in total. The maximum atomic E-state index is 11.8. The van der Waals surface area contributed by atoms with Gasteiger partial charge in [-0.3, -0.25) is 9.69 Å². The van der Waals surface area contributed by atoms with Gasteiger partial charge < -0.3 is 4.74 Å². The smallest absolute Gasteiger partial charge is 0.254 e. The van der Waals surface area contributed by atoms with Crippen LogP contribution >= 0.6 is 0 Å². The molecule has 1 aromatic carbocycles. The Kier molecular flexibility index (Phi) is 3.04. The van der Waals surface area contributed by atoms with Crippen LogP contribution in [0.4, 0.5) is 5.69 Å². The zero-order valence-electron chi connectivity index (χ0n) is 8.96. The molecular weight excluding hydrogens is 218 g/mol. The molecule has 5 nitrogen and oxygen atoms in total. The quantitative estimate of drug-likeness (QED) is 0.711. The molecule has 1 atom stereocenters. The Morgan fingerprint density at radius 2 is 2.12 bits per heavy atom. The molecule has 0 bridgehead atoms. The highest BCUT2D eigenvalue weighted by Crippen LogP contribution is 2.24. The molecule has 1 fully saturated rings. The highest BCUT2D eigenvalue weighted by atomic mass is 16.5. The second-order valence-corrected chi connectivity index (χ2v) is 3.55. The number of amides is 1. The van der Waals surface area contributed by atoms with E-state index in [2.05, 4.69) is 0 Å². The predicted molar refractivity (Wildman–Crippen MR) is 58.9 cm³/mol. The van der Waals surface area contributed by atoms with Crippen LogP contribution in [-0.4, -0.2) is 25.2 Å². The maximum Gasteiger partial charge on any atom is 0.254 e. The van der Waals surface area contributed by atoms with Crippen LogP contribution in [0.15, 0.2) is 24.3 Å².